The number of methoxy groups -OCH3 is 1. The van der Waals surface area contributed by atoms with Gasteiger partial charge in [0.25, 0.3) is 0 Å². The third-order valence-corrected chi connectivity index (χ3v) is 5.79. The minimum atomic E-state index is 0.729. The van der Waals surface area contributed by atoms with Crippen LogP contribution in [-0.4, -0.2) is 25.5 Å². The predicted molar refractivity (Wildman–Crippen MR) is 92.3 cm³/mol. The molecule has 2 rings (SSSR count). The number of rotatable bonds is 7. The Morgan fingerprint density at radius 2 is 2.24 bits per heavy atom. The van der Waals surface area contributed by atoms with Gasteiger partial charge in [0.05, 0.1) is 6.61 Å². The second kappa shape index (κ2) is 9.04. The van der Waals surface area contributed by atoms with E-state index in [9.17, 15) is 0 Å². The highest BCUT2D eigenvalue weighted by atomic mass is 35.5. The zero-order valence-electron chi connectivity index (χ0n) is 13.0. The highest BCUT2D eigenvalue weighted by Gasteiger charge is 2.21. The summed E-state index contributed by atoms with van der Waals surface area (Å²) < 4.78 is 5.07. The van der Waals surface area contributed by atoms with Crippen molar-refractivity contribution < 1.29 is 4.74 Å². The first-order valence-electron chi connectivity index (χ1n) is 7.84. The summed E-state index contributed by atoms with van der Waals surface area (Å²) in [6, 6.07) is 6.27. The van der Waals surface area contributed by atoms with E-state index >= 15 is 0 Å². The maximum absolute atomic E-state index is 6.40. The Morgan fingerprint density at radius 1 is 1.38 bits per heavy atom. The molecule has 0 saturated heterocycles. The lowest BCUT2D eigenvalue weighted by Gasteiger charge is -2.27. The molecule has 0 aromatic heterocycles. The summed E-state index contributed by atoms with van der Waals surface area (Å²) in [6.07, 6.45) is 5.41. The Labute approximate surface area is 138 Å². The number of hydrogen-bond donors (Lipinski definition) is 1. The van der Waals surface area contributed by atoms with Crippen LogP contribution in [0, 0.1) is 5.92 Å². The Hall–Kier alpha value is -0.220. The molecule has 0 bridgehead atoms. The zero-order chi connectivity index (χ0) is 15.1. The van der Waals surface area contributed by atoms with Crippen molar-refractivity contribution in [3.05, 3.63) is 28.8 Å². The Balaban J connectivity index is 1.99. The lowest BCUT2D eigenvalue weighted by molar-refractivity contribution is 0.199. The molecule has 1 aliphatic carbocycles. The molecule has 2 nitrogen and oxygen atoms in total. The maximum atomic E-state index is 6.40. The van der Waals surface area contributed by atoms with Crippen molar-refractivity contribution in [2.75, 3.05) is 20.3 Å². The fourth-order valence-corrected chi connectivity index (χ4v) is 4.72. The minimum absolute atomic E-state index is 0.729. The van der Waals surface area contributed by atoms with Gasteiger partial charge in [0.15, 0.2) is 0 Å². The third kappa shape index (κ3) is 5.48. The second-order valence-electron chi connectivity index (χ2n) is 5.90. The molecule has 0 aliphatic heterocycles. The van der Waals surface area contributed by atoms with E-state index in [1.807, 2.05) is 17.8 Å². The predicted octanol–water partition coefficient (Wildman–Crippen LogP) is 4.75. The first kappa shape index (κ1) is 17.1. The van der Waals surface area contributed by atoms with Crippen molar-refractivity contribution >= 4 is 23.4 Å². The maximum Gasteiger partial charge on any atom is 0.0587 e. The largest absolute Gasteiger partial charge is 0.383 e. The first-order chi connectivity index (χ1) is 10.2. The number of ether oxygens (including phenoxy) is 1. The van der Waals surface area contributed by atoms with Gasteiger partial charge in [-0.15, -0.1) is 11.8 Å². The van der Waals surface area contributed by atoms with E-state index in [2.05, 4.69) is 24.4 Å². The topological polar surface area (TPSA) is 21.3 Å². The summed E-state index contributed by atoms with van der Waals surface area (Å²) in [4.78, 5) is 1.34. The van der Waals surface area contributed by atoms with Crippen LogP contribution in [0.15, 0.2) is 23.1 Å². The molecule has 0 heterocycles. The monoisotopic (exact) mass is 327 g/mol. The molecular formula is C17H26ClNOS. The average molecular weight is 328 g/mol. The van der Waals surface area contributed by atoms with E-state index in [-0.39, 0.29) is 0 Å². The number of nitrogens with one attached hydrogen (secondary N) is 1. The number of thioether (sulfide) groups is 1. The van der Waals surface area contributed by atoms with Gasteiger partial charge in [-0.3, -0.25) is 0 Å². The van der Waals surface area contributed by atoms with Crippen molar-refractivity contribution in [3.63, 3.8) is 0 Å². The number of halogens is 1. The van der Waals surface area contributed by atoms with Gasteiger partial charge in [-0.05, 0) is 36.5 Å². The van der Waals surface area contributed by atoms with Gasteiger partial charge in [-0.25, -0.2) is 0 Å². The third-order valence-electron chi connectivity index (χ3n) is 4.04. The molecule has 4 heteroatoms. The van der Waals surface area contributed by atoms with Crippen LogP contribution >= 0.6 is 23.4 Å². The van der Waals surface area contributed by atoms with Crippen LogP contribution in [-0.2, 0) is 11.3 Å². The molecular weight excluding hydrogens is 302 g/mol. The van der Waals surface area contributed by atoms with Crippen molar-refractivity contribution in [1.29, 1.82) is 0 Å². The van der Waals surface area contributed by atoms with Crippen LogP contribution in [0.2, 0.25) is 5.02 Å². The summed E-state index contributed by atoms with van der Waals surface area (Å²) in [5.41, 5.74) is 1.23. The summed E-state index contributed by atoms with van der Waals surface area (Å²) >= 11 is 8.42. The second-order valence-corrected chi connectivity index (χ2v) is 7.65. The van der Waals surface area contributed by atoms with Gasteiger partial charge in [-0.2, -0.15) is 0 Å². The Morgan fingerprint density at radius 3 is 3.00 bits per heavy atom. The van der Waals surface area contributed by atoms with E-state index < -0.39 is 0 Å². The molecule has 1 fully saturated rings. The molecule has 0 radical (unpaired) electrons. The SMILES string of the molecule is COCCNCc1c(Cl)cccc1SC1CCCC(C)C1. The normalized spacial score (nSPS) is 22.4. The van der Waals surface area contributed by atoms with E-state index in [1.54, 1.807) is 7.11 Å². The van der Waals surface area contributed by atoms with Gasteiger partial charge < -0.3 is 10.1 Å². The van der Waals surface area contributed by atoms with Gasteiger partial charge >= 0.3 is 0 Å². The van der Waals surface area contributed by atoms with Crippen molar-refractivity contribution in [2.24, 2.45) is 5.92 Å². The molecule has 1 aromatic rings. The average Bonchev–Trinajstić information content (AvgIpc) is 2.46. The van der Waals surface area contributed by atoms with E-state index in [4.69, 9.17) is 16.3 Å². The number of benzene rings is 1. The van der Waals surface area contributed by atoms with Gasteiger partial charge in [0.2, 0.25) is 0 Å². The minimum Gasteiger partial charge on any atom is -0.383 e. The van der Waals surface area contributed by atoms with Crippen LogP contribution in [0.3, 0.4) is 0 Å². The highest BCUT2D eigenvalue weighted by Crippen LogP contribution is 2.38. The molecule has 1 N–H and O–H groups in total. The molecule has 0 spiro atoms. The molecule has 2 atom stereocenters. The highest BCUT2D eigenvalue weighted by molar-refractivity contribution is 8.00. The zero-order valence-corrected chi connectivity index (χ0v) is 14.6. The summed E-state index contributed by atoms with van der Waals surface area (Å²) in [5, 5.41) is 5.02. The van der Waals surface area contributed by atoms with Crippen molar-refractivity contribution in [1.82, 2.24) is 5.32 Å². The summed E-state index contributed by atoms with van der Waals surface area (Å²) in [5.74, 6) is 0.860. The van der Waals surface area contributed by atoms with Crippen LogP contribution in [0.5, 0.6) is 0 Å². The van der Waals surface area contributed by atoms with Crippen LogP contribution in [0.25, 0.3) is 0 Å². The summed E-state index contributed by atoms with van der Waals surface area (Å²) in [7, 11) is 1.72. The van der Waals surface area contributed by atoms with Crippen molar-refractivity contribution in [3.8, 4) is 0 Å². The lowest BCUT2D eigenvalue weighted by Crippen LogP contribution is -2.20. The number of hydrogen-bond acceptors (Lipinski definition) is 3. The lowest BCUT2D eigenvalue weighted by atomic mass is 9.91. The van der Waals surface area contributed by atoms with E-state index in [0.717, 1.165) is 35.9 Å². The van der Waals surface area contributed by atoms with Crippen LogP contribution in [0.1, 0.15) is 38.2 Å². The van der Waals surface area contributed by atoms with Crippen LogP contribution < -0.4 is 5.32 Å². The standard InChI is InChI=1S/C17H26ClNOS/c1-13-5-3-6-14(11-13)21-17-8-4-7-16(18)15(17)12-19-9-10-20-2/h4,7-8,13-14,19H,3,5-6,9-12H2,1-2H3. The Kier molecular flexibility index (Phi) is 7.38. The fourth-order valence-electron chi connectivity index (χ4n) is 2.87. The van der Waals surface area contributed by atoms with E-state index in [0.29, 0.717) is 0 Å². The van der Waals surface area contributed by atoms with Crippen LogP contribution in [0.4, 0.5) is 0 Å². The van der Waals surface area contributed by atoms with Gasteiger partial charge in [0.1, 0.15) is 0 Å². The molecule has 21 heavy (non-hydrogen) atoms. The molecule has 0 amide bonds. The smallest absolute Gasteiger partial charge is 0.0587 e. The molecule has 1 aromatic carbocycles. The Bertz CT molecular complexity index is 441. The molecule has 2 unspecified atom stereocenters. The molecule has 1 aliphatic rings. The fraction of sp³-hybridized carbons (Fsp3) is 0.647. The molecule has 118 valence electrons. The van der Waals surface area contributed by atoms with Gasteiger partial charge in [-0.1, -0.05) is 37.4 Å². The quantitative estimate of drug-likeness (QED) is 0.730. The summed E-state index contributed by atoms with van der Waals surface area (Å²) in [6.45, 7) is 4.77. The van der Waals surface area contributed by atoms with E-state index in [1.165, 1.54) is 36.1 Å². The first-order valence-corrected chi connectivity index (χ1v) is 9.10. The van der Waals surface area contributed by atoms with Crippen molar-refractivity contribution in [2.45, 2.75) is 49.3 Å². The van der Waals surface area contributed by atoms with Gasteiger partial charge in [0, 0.05) is 35.4 Å². The molecule has 1 saturated carbocycles.